The maximum absolute atomic E-state index is 15.0. The lowest BCUT2D eigenvalue weighted by molar-refractivity contribution is -0.274. The average molecular weight is 623 g/mol. The Morgan fingerprint density at radius 1 is 1.07 bits per heavy atom. The molecular weight excluding hydrogens is 591 g/mol. The fraction of sp³-hybridized carbons (Fsp3) is 0.433. The lowest BCUT2D eigenvalue weighted by atomic mass is 9.88. The molecule has 2 saturated heterocycles. The zero-order valence-corrected chi connectivity index (χ0v) is 23.8. The molecule has 1 aliphatic carbocycles. The van der Waals surface area contributed by atoms with E-state index in [0.29, 0.717) is 37.3 Å². The molecule has 2 aliphatic heterocycles. The van der Waals surface area contributed by atoms with E-state index in [1.807, 2.05) is 0 Å². The van der Waals surface area contributed by atoms with E-state index in [0.717, 1.165) is 30.7 Å². The molecule has 14 heteroatoms. The lowest BCUT2D eigenvalue weighted by Crippen LogP contribution is -2.59. The number of amides is 3. The highest BCUT2D eigenvalue weighted by Crippen LogP contribution is 2.39. The van der Waals surface area contributed by atoms with E-state index >= 15 is 0 Å². The largest absolute Gasteiger partial charge is 0.573 e. The lowest BCUT2D eigenvalue weighted by Gasteiger charge is -2.41. The zero-order valence-electron chi connectivity index (χ0n) is 23.8. The van der Waals surface area contributed by atoms with Gasteiger partial charge in [0.1, 0.15) is 17.4 Å². The first kappa shape index (κ1) is 31.1. The quantitative estimate of drug-likeness (QED) is 0.292. The van der Waals surface area contributed by atoms with Crippen molar-refractivity contribution in [2.75, 3.05) is 36.5 Å². The van der Waals surface area contributed by atoms with E-state index < -0.39 is 41.7 Å². The summed E-state index contributed by atoms with van der Waals surface area (Å²) in [5.74, 6) is -3.59. The Morgan fingerprint density at radius 3 is 2.32 bits per heavy atom. The highest BCUT2D eigenvalue weighted by atomic mass is 19.4. The molecule has 0 bridgehead atoms. The van der Waals surface area contributed by atoms with Gasteiger partial charge in [-0.15, -0.1) is 13.2 Å². The molecule has 0 radical (unpaired) electrons. The number of halogens is 5. The van der Waals surface area contributed by atoms with Crippen molar-refractivity contribution in [3.05, 3.63) is 64.9 Å². The molecule has 236 valence electrons. The molecule has 1 atom stereocenters. The Morgan fingerprint density at radius 2 is 1.73 bits per heavy atom. The van der Waals surface area contributed by atoms with Gasteiger partial charge in [-0.3, -0.25) is 9.59 Å². The van der Waals surface area contributed by atoms with Gasteiger partial charge >= 0.3 is 12.5 Å². The van der Waals surface area contributed by atoms with Gasteiger partial charge in [-0.2, -0.15) is 0 Å². The fourth-order valence-electron chi connectivity index (χ4n) is 5.27. The summed E-state index contributed by atoms with van der Waals surface area (Å²) >= 11 is 0. The van der Waals surface area contributed by atoms with Gasteiger partial charge in [0.2, 0.25) is 11.8 Å². The fourth-order valence-corrected chi connectivity index (χ4v) is 5.27. The van der Waals surface area contributed by atoms with Crippen LogP contribution in [0.3, 0.4) is 0 Å². The summed E-state index contributed by atoms with van der Waals surface area (Å²) in [6.45, 7) is 0.542. The molecular formula is C30H31F5N4O5. The molecule has 2 N–H and O–H groups in total. The standard InChI is InChI=1S/C30H31F5N4O5/c1-38(19-6-8-21(9-7-19)44-30(33,34)35)26(40)3-2-12-43-29(42)36-18-15-39(16-18)20-13-23(31)27(24(32)14-20)22-10-11-25(17-4-5-17)37-28(22)41/h6-9,13-14,18,22H,2-5,10-12,15-16H2,1H3,(H,36,42)(H,37,41). The van der Waals surface area contributed by atoms with Crippen LogP contribution in [0.15, 0.2) is 47.7 Å². The van der Waals surface area contributed by atoms with E-state index in [9.17, 15) is 36.3 Å². The average Bonchev–Trinajstić information content (AvgIpc) is 3.78. The summed E-state index contributed by atoms with van der Waals surface area (Å²) in [7, 11) is 1.47. The molecule has 44 heavy (non-hydrogen) atoms. The number of rotatable bonds is 9. The zero-order chi connectivity index (χ0) is 31.6. The third-order valence-corrected chi connectivity index (χ3v) is 7.78. The predicted octanol–water partition coefficient (Wildman–Crippen LogP) is 5.26. The maximum atomic E-state index is 15.0. The van der Waals surface area contributed by atoms with Crippen molar-refractivity contribution < 1.29 is 45.8 Å². The second-order valence-corrected chi connectivity index (χ2v) is 11.0. The number of anilines is 2. The van der Waals surface area contributed by atoms with Crippen LogP contribution in [0.2, 0.25) is 0 Å². The molecule has 5 rings (SSSR count). The van der Waals surface area contributed by atoms with Crippen LogP contribution in [0.1, 0.15) is 50.0 Å². The van der Waals surface area contributed by atoms with Crippen LogP contribution < -0.4 is 25.2 Å². The van der Waals surface area contributed by atoms with Crippen LogP contribution in [0.25, 0.3) is 0 Å². The number of benzene rings is 2. The first-order chi connectivity index (χ1) is 20.9. The van der Waals surface area contributed by atoms with Gasteiger partial charge in [0, 0.05) is 49.2 Å². The van der Waals surface area contributed by atoms with Gasteiger partial charge in [0.15, 0.2) is 0 Å². The summed E-state index contributed by atoms with van der Waals surface area (Å²) in [4.78, 5) is 40.0. The highest BCUT2D eigenvalue weighted by Gasteiger charge is 2.35. The minimum absolute atomic E-state index is 0.0241. The second-order valence-electron chi connectivity index (χ2n) is 11.0. The van der Waals surface area contributed by atoms with Crippen molar-refractivity contribution in [3.8, 4) is 5.75 Å². The van der Waals surface area contributed by atoms with Crippen molar-refractivity contribution in [1.82, 2.24) is 10.6 Å². The van der Waals surface area contributed by atoms with Crippen LogP contribution in [0, 0.1) is 11.6 Å². The van der Waals surface area contributed by atoms with Crippen molar-refractivity contribution in [2.45, 2.75) is 56.8 Å². The number of carbonyl (C=O) groups excluding carboxylic acids is 3. The Labute approximate surface area is 250 Å². The number of hydrogen-bond acceptors (Lipinski definition) is 6. The Hall–Kier alpha value is -4.36. The van der Waals surface area contributed by atoms with Gasteiger partial charge in [-0.05, 0) is 68.5 Å². The Bertz CT molecular complexity index is 1430. The van der Waals surface area contributed by atoms with E-state index in [1.165, 1.54) is 41.8 Å². The van der Waals surface area contributed by atoms with E-state index in [1.54, 1.807) is 4.90 Å². The topological polar surface area (TPSA) is 100 Å². The molecule has 9 nitrogen and oxygen atoms in total. The third kappa shape index (κ3) is 7.58. The first-order valence-corrected chi connectivity index (χ1v) is 14.2. The monoisotopic (exact) mass is 622 g/mol. The maximum Gasteiger partial charge on any atom is 0.573 e. The van der Waals surface area contributed by atoms with Gasteiger partial charge in [0.05, 0.1) is 18.6 Å². The second kappa shape index (κ2) is 12.7. The number of carbonyl (C=O) groups is 3. The Kier molecular flexibility index (Phi) is 8.97. The van der Waals surface area contributed by atoms with Crippen LogP contribution in [-0.2, 0) is 14.3 Å². The molecule has 0 aromatic heterocycles. The highest BCUT2D eigenvalue weighted by molar-refractivity contribution is 5.92. The number of ether oxygens (including phenoxy) is 2. The van der Waals surface area contributed by atoms with Crippen molar-refractivity contribution >= 4 is 29.3 Å². The normalized spacial score (nSPS) is 18.4. The van der Waals surface area contributed by atoms with Gasteiger partial charge in [-0.1, -0.05) is 5.57 Å². The summed E-state index contributed by atoms with van der Waals surface area (Å²) < 4.78 is 75.8. The summed E-state index contributed by atoms with van der Waals surface area (Å²) in [6, 6.07) is 6.93. The van der Waals surface area contributed by atoms with Crippen molar-refractivity contribution in [1.29, 1.82) is 0 Å². The SMILES string of the molecule is CN(C(=O)CCCOC(=O)NC1CN(c2cc(F)c(C3CCC(=C4CC4)NC3=O)c(F)c2)C1)c1ccc(OC(F)(F)F)cc1. The molecule has 3 amide bonds. The number of alkyl halides is 3. The number of nitrogens with zero attached hydrogens (tertiary/aromatic N) is 2. The van der Waals surface area contributed by atoms with E-state index in [2.05, 4.69) is 15.4 Å². The van der Waals surface area contributed by atoms with Crippen molar-refractivity contribution in [3.63, 3.8) is 0 Å². The number of allylic oxidation sites excluding steroid dienone is 2. The number of alkyl carbamates (subject to hydrolysis) is 1. The van der Waals surface area contributed by atoms with E-state index in [-0.39, 0.29) is 37.0 Å². The van der Waals surface area contributed by atoms with E-state index in [4.69, 9.17) is 4.74 Å². The molecule has 2 aromatic carbocycles. The molecule has 3 fully saturated rings. The molecule has 1 unspecified atom stereocenters. The summed E-state index contributed by atoms with van der Waals surface area (Å²) in [6.07, 6.45) is -2.44. The van der Waals surface area contributed by atoms with Crippen LogP contribution in [0.4, 0.5) is 38.1 Å². The van der Waals surface area contributed by atoms with Crippen LogP contribution in [-0.4, -0.2) is 57.1 Å². The van der Waals surface area contributed by atoms with Gasteiger partial charge in [0.25, 0.3) is 0 Å². The first-order valence-electron chi connectivity index (χ1n) is 14.2. The minimum atomic E-state index is -4.81. The third-order valence-electron chi connectivity index (χ3n) is 7.78. The summed E-state index contributed by atoms with van der Waals surface area (Å²) in [5, 5.41) is 5.46. The molecule has 1 saturated carbocycles. The van der Waals surface area contributed by atoms with Crippen LogP contribution in [0.5, 0.6) is 5.75 Å². The van der Waals surface area contributed by atoms with Gasteiger partial charge in [-0.25, -0.2) is 13.6 Å². The van der Waals surface area contributed by atoms with Crippen LogP contribution >= 0.6 is 0 Å². The summed E-state index contributed by atoms with van der Waals surface area (Å²) in [5.41, 5.74) is 2.52. The molecule has 2 aromatic rings. The Balaban J connectivity index is 1.01. The molecule has 2 heterocycles. The predicted molar refractivity (Wildman–Crippen MR) is 149 cm³/mol. The number of piperidine rings is 1. The molecule has 0 spiro atoms. The van der Waals surface area contributed by atoms with Gasteiger partial charge < -0.3 is 29.9 Å². The number of nitrogens with one attached hydrogen (secondary N) is 2. The number of hydrogen-bond donors (Lipinski definition) is 2. The minimum Gasteiger partial charge on any atom is -0.450 e. The molecule has 3 aliphatic rings. The smallest absolute Gasteiger partial charge is 0.450 e. The van der Waals surface area contributed by atoms with Crippen molar-refractivity contribution in [2.24, 2.45) is 0 Å².